The van der Waals surface area contributed by atoms with Gasteiger partial charge in [0.2, 0.25) is 5.91 Å². The Balaban J connectivity index is 1.50. The summed E-state index contributed by atoms with van der Waals surface area (Å²) in [7, 11) is 0. The Labute approximate surface area is 141 Å². The SMILES string of the molecule is O=C(CN1CCC[C@@H]1[C@H]1COCC[C@H]1O)NCc1ccc(F)cc1. The summed E-state index contributed by atoms with van der Waals surface area (Å²) in [6, 6.07) is 6.33. The molecule has 0 radical (unpaired) electrons. The van der Waals surface area contributed by atoms with E-state index in [1.807, 2.05) is 0 Å². The second-order valence-electron chi connectivity index (χ2n) is 6.68. The summed E-state index contributed by atoms with van der Waals surface area (Å²) in [5.41, 5.74) is 0.874. The van der Waals surface area contributed by atoms with Gasteiger partial charge in [-0.15, -0.1) is 0 Å². The summed E-state index contributed by atoms with van der Waals surface area (Å²) >= 11 is 0. The first-order valence-electron chi connectivity index (χ1n) is 8.64. The van der Waals surface area contributed by atoms with Crippen LogP contribution in [-0.4, -0.2) is 54.4 Å². The van der Waals surface area contributed by atoms with E-state index in [1.165, 1.54) is 12.1 Å². The highest BCUT2D eigenvalue weighted by Crippen LogP contribution is 2.29. The number of ether oxygens (including phenoxy) is 1. The highest BCUT2D eigenvalue weighted by atomic mass is 19.1. The van der Waals surface area contributed by atoms with Crippen LogP contribution in [0.1, 0.15) is 24.8 Å². The van der Waals surface area contributed by atoms with Gasteiger partial charge in [0.15, 0.2) is 0 Å². The van der Waals surface area contributed by atoms with E-state index in [4.69, 9.17) is 4.74 Å². The normalized spacial score (nSPS) is 28.0. The summed E-state index contributed by atoms with van der Waals surface area (Å²) in [6.45, 7) is 2.78. The standard InChI is InChI=1S/C18H25FN2O3/c19-14-5-3-13(4-6-14)10-20-18(23)11-21-8-1-2-16(21)15-12-24-9-7-17(15)22/h3-6,15-17,22H,1-2,7-12H2,(H,20,23)/t15-,16-,17-/m1/s1. The van der Waals surface area contributed by atoms with Gasteiger partial charge in [-0.2, -0.15) is 0 Å². The molecule has 2 fully saturated rings. The van der Waals surface area contributed by atoms with Crippen LogP contribution >= 0.6 is 0 Å². The maximum atomic E-state index is 12.9. The van der Waals surface area contributed by atoms with E-state index in [0.29, 0.717) is 32.7 Å². The van der Waals surface area contributed by atoms with Gasteiger partial charge in [0, 0.05) is 25.1 Å². The molecule has 24 heavy (non-hydrogen) atoms. The minimum absolute atomic E-state index is 0.0440. The first kappa shape index (κ1) is 17.3. The van der Waals surface area contributed by atoms with E-state index in [0.717, 1.165) is 24.9 Å². The van der Waals surface area contributed by atoms with Crippen LogP contribution in [0, 0.1) is 11.7 Å². The van der Waals surface area contributed by atoms with E-state index in [-0.39, 0.29) is 29.8 Å². The molecule has 2 aliphatic heterocycles. The van der Waals surface area contributed by atoms with Crippen molar-refractivity contribution >= 4 is 5.91 Å². The van der Waals surface area contributed by atoms with E-state index in [1.54, 1.807) is 12.1 Å². The molecular formula is C18H25FN2O3. The van der Waals surface area contributed by atoms with Crippen molar-refractivity contribution in [3.05, 3.63) is 35.6 Å². The molecule has 1 amide bonds. The lowest BCUT2D eigenvalue weighted by atomic mass is 9.89. The molecule has 0 saturated carbocycles. The number of hydrogen-bond acceptors (Lipinski definition) is 4. The fourth-order valence-electron chi connectivity index (χ4n) is 3.69. The van der Waals surface area contributed by atoms with Crippen molar-refractivity contribution in [3.8, 4) is 0 Å². The van der Waals surface area contributed by atoms with Crippen molar-refractivity contribution in [2.24, 2.45) is 5.92 Å². The highest BCUT2D eigenvalue weighted by molar-refractivity contribution is 5.78. The third-order valence-corrected chi connectivity index (χ3v) is 5.02. The van der Waals surface area contributed by atoms with Crippen molar-refractivity contribution < 1.29 is 19.0 Å². The Kier molecular flexibility index (Phi) is 5.81. The number of halogens is 1. The molecule has 2 N–H and O–H groups in total. The average Bonchev–Trinajstić information content (AvgIpc) is 3.02. The summed E-state index contributed by atoms with van der Waals surface area (Å²) < 4.78 is 18.4. The highest BCUT2D eigenvalue weighted by Gasteiger charge is 2.37. The molecule has 2 saturated heterocycles. The Bertz CT molecular complexity index is 552. The van der Waals surface area contributed by atoms with E-state index in [2.05, 4.69) is 10.2 Å². The number of nitrogens with one attached hydrogen (secondary N) is 1. The summed E-state index contributed by atoms with van der Waals surface area (Å²) in [5.74, 6) is -0.234. The quantitative estimate of drug-likeness (QED) is 0.851. The number of likely N-dealkylation sites (tertiary alicyclic amines) is 1. The number of carbonyl (C=O) groups excluding carboxylic acids is 1. The zero-order valence-corrected chi connectivity index (χ0v) is 13.8. The molecule has 0 aromatic heterocycles. The first-order chi connectivity index (χ1) is 11.6. The fourth-order valence-corrected chi connectivity index (χ4v) is 3.69. The number of benzene rings is 1. The monoisotopic (exact) mass is 336 g/mol. The lowest BCUT2D eigenvalue weighted by molar-refractivity contribution is -0.124. The van der Waals surface area contributed by atoms with Crippen LogP contribution in [-0.2, 0) is 16.1 Å². The minimum atomic E-state index is -0.341. The van der Waals surface area contributed by atoms with Crippen LogP contribution in [0.3, 0.4) is 0 Å². The number of amides is 1. The van der Waals surface area contributed by atoms with Crippen LogP contribution < -0.4 is 5.32 Å². The number of aliphatic hydroxyl groups excluding tert-OH is 1. The van der Waals surface area contributed by atoms with Gasteiger partial charge in [0.1, 0.15) is 5.82 Å². The lowest BCUT2D eigenvalue weighted by Gasteiger charge is -2.36. The van der Waals surface area contributed by atoms with Crippen LogP contribution in [0.5, 0.6) is 0 Å². The van der Waals surface area contributed by atoms with Crippen LogP contribution in [0.2, 0.25) is 0 Å². The summed E-state index contributed by atoms with van der Waals surface area (Å²) in [4.78, 5) is 14.4. The molecule has 5 nitrogen and oxygen atoms in total. The zero-order chi connectivity index (χ0) is 16.9. The number of aliphatic hydroxyl groups is 1. The van der Waals surface area contributed by atoms with Crippen LogP contribution in [0.25, 0.3) is 0 Å². The Morgan fingerprint density at radius 1 is 1.33 bits per heavy atom. The van der Waals surface area contributed by atoms with E-state index >= 15 is 0 Å². The molecule has 2 heterocycles. The molecule has 0 bridgehead atoms. The Morgan fingerprint density at radius 3 is 2.88 bits per heavy atom. The lowest BCUT2D eigenvalue weighted by Crippen LogP contribution is -2.48. The smallest absolute Gasteiger partial charge is 0.234 e. The average molecular weight is 336 g/mol. The number of hydrogen-bond donors (Lipinski definition) is 2. The summed E-state index contributed by atoms with van der Waals surface area (Å²) in [5, 5.41) is 13.1. The molecule has 6 heteroatoms. The molecule has 2 aliphatic rings. The minimum Gasteiger partial charge on any atom is -0.393 e. The van der Waals surface area contributed by atoms with Gasteiger partial charge in [-0.05, 0) is 43.5 Å². The predicted octanol–water partition coefficient (Wildman–Crippen LogP) is 1.30. The van der Waals surface area contributed by atoms with Gasteiger partial charge in [0.25, 0.3) is 0 Å². The zero-order valence-electron chi connectivity index (χ0n) is 13.8. The second kappa shape index (κ2) is 8.05. The summed E-state index contributed by atoms with van der Waals surface area (Å²) in [6.07, 6.45) is 2.37. The maximum Gasteiger partial charge on any atom is 0.234 e. The second-order valence-corrected chi connectivity index (χ2v) is 6.68. The number of carbonyl (C=O) groups is 1. The van der Waals surface area contributed by atoms with Gasteiger partial charge in [0.05, 0.1) is 19.3 Å². The topological polar surface area (TPSA) is 61.8 Å². The van der Waals surface area contributed by atoms with Crippen molar-refractivity contribution in [1.82, 2.24) is 10.2 Å². The molecule has 0 unspecified atom stereocenters. The molecule has 3 rings (SSSR count). The predicted molar refractivity (Wildman–Crippen MR) is 87.8 cm³/mol. The van der Waals surface area contributed by atoms with Gasteiger partial charge >= 0.3 is 0 Å². The van der Waals surface area contributed by atoms with Gasteiger partial charge in [-0.3, -0.25) is 9.69 Å². The Morgan fingerprint density at radius 2 is 2.12 bits per heavy atom. The van der Waals surface area contributed by atoms with Crippen molar-refractivity contribution in [3.63, 3.8) is 0 Å². The van der Waals surface area contributed by atoms with Gasteiger partial charge in [-0.25, -0.2) is 4.39 Å². The third kappa shape index (κ3) is 4.32. The third-order valence-electron chi connectivity index (χ3n) is 5.02. The van der Waals surface area contributed by atoms with Crippen LogP contribution in [0.15, 0.2) is 24.3 Å². The fraction of sp³-hybridized carbons (Fsp3) is 0.611. The molecule has 0 aliphatic carbocycles. The van der Waals surface area contributed by atoms with E-state index in [9.17, 15) is 14.3 Å². The number of nitrogens with zero attached hydrogens (tertiary/aromatic N) is 1. The first-order valence-corrected chi connectivity index (χ1v) is 8.64. The largest absolute Gasteiger partial charge is 0.393 e. The van der Waals surface area contributed by atoms with Crippen LogP contribution in [0.4, 0.5) is 4.39 Å². The number of rotatable bonds is 5. The maximum absolute atomic E-state index is 12.9. The molecular weight excluding hydrogens is 311 g/mol. The molecule has 0 spiro atoms. The van der Waals surface area contributed by atoms with Gasteiger partial charge < -0.3 is 15.2 Å². The molecule has 132 valence electrons. The van der Waals surface area contributed by atoms with Crippen molar-refractivity contribution in [2.75, 3.05) is 26.3 Å². The Hall–Kier alpha value is -1.50. The molecule has 1 aromatic rings. The van der Waals surface area contributed by atoms with Crippen molar-refractivity contribution in [1.29, 1.82) is 0 Å². The van der Waals surface area contributed by atoms with Crippen molar-refractivity contribution in [2.45, 2.75) is 38.0 Å². The van der Waals surface area contributed by atoms with E-state index < -0.39 is 0 Å². The molecule has 1 aromatic carbocycles. The molecule has 3 atom stereocenters. The van der Waals surface area contributed by atoms with Gasteiger partial charge in [-0.1, -0.05) is 12.1 Å².